The lowest BCUT2D eigenvalue weighted by Gasteiger charge is -2.21. The number of benzene rings is 1. The number of nitrogens with one attached hydrogen (secondary N) is 2. The van der Waals surface area contributed by atoms with Crippen molar-refractivity contribution in [3.8, 4) is 5.75 Å². The number of carbonyl (C=O) groups is 1. The van der Waals surface area contributed by atoms with Gasteiger partial charge in [-0.1, -0.05) is 19.9 Å². The number of nitrogens with zero attached hydrogens (tertiary/aromatic N) is 3. The lowest BCUT2D eigenvalue weighted by atomic mass is 10.0. The van der Waals surface area contributed by atoms with Crippen molar-refractivity contribution in [1.29, 1.82) is 0 Å². The number of amides is 1. The highest BCUT2D eigenvalue weighted by Gasteiger charge is 2.22. The number of phenolic OH excluding ortho intramolecular Hbond substituents is 1. The van der Waals surface area contributed by atoms with E-state index >= 15 is 0 Å². The van der Waals surface area contributed by atoms with Gasteiger partial charge in [-0.25, -0.2) is 0 Å². The summed E-state index contributed by atoms with van der Waals surface area (Å²) in [7, 11) is 3.29. The molecule has 0 saturated carbocycles. The molecule has 3 aromatic rings. The fourth-order valence-electron chi connectivity index (χ4n) is 2.88. The van der Waals surface area contributed by atoms with Gasteiger partial charge in [0.2, 0.25) is 0 Å². The van der Waals surface area contributed by atoms with E-state index in [0.717, 1.165) is 11.7 Å². The normalized spacial score (nSPS) is 12.1. The van der Waals surface area contributed by atoms with E-state index < -0.39 is 0 Å². The molecule has 7 nitrogen and oxygen atoms in total. The van der Waals surface area contributed by atoms with E-state index in [-0.39, 0.29) is 23.3 Å². The van der Waals surface area contributed by atoms with E-state index in [0.29, 0.717) is 23.2 Å². The highest BCUT2D eigenvalue weighted by atomic mass is 32.1. The van der Waals surface area contributed by atoms with Gasteiger partial charge >= 0.3 is 0 Å². The van der Waals surface area contributed by atoms with Crippen molar-refractivity contribution in [2.24, 2.45) is 5.92 Å². The minimum atomic E-state index is -0.270. The van der Waals surface area contributed by atoms with Gasteiger partial charge in [0.15, 0.2) is 17.4 Å². The summed E-state index contributed by atoms with van der Waals surface area (Å²) in [6, 6.07) is 9.35. The number of aromatic hydroxyl groups is 1. The summed E-state index contributed by atoms with van der Waals surface area (Å²) in [5, 5.41) is 17.2. The van der Waals surface area contributed by atoms with Crippen LogP contribution in [0.25, 0.3) is 0 Å². The first kappa shape index (κ1) is 21.1. The third-order valence-corrected chi connectivity index (χ3v) is 6.05. The van der Waals surface area contributed by atoms with E-state index in [2.05, 4.69) is 52.3 Å². The molecule has 9 heteroatoms. The molecule has 2 heterocycles. The molecule has 3 rings (SSSR count). The maximum Gasteiger partial charge on any atom is 0.257 e. The summed E-state index contributed by atoms with van der Waals surface area (Å²) >= 11 is 2.84. The molecule has 0 fully saturated rings. The Morgan fingerprint density at radius 2 is 1.86 bits per heavy atom. The van der Waals surface area contributed by atoms with E-state index in [1.807, 2.05) is 0 Å². The molecule has 1 amide bonds. The molecule has 0 radical (unpaired) electrons. The van der Waals surface area contributed by atoms with Crippen molar-refractivity contribution in [2.45, 2.75) is 26.8 Å². The molecule has 0 spiro atoms. The highest BCUT2D eigenvalue weighted by molar-refractivity contribution is 7.12. The quantitative estimate of drug-likeness (QED) is 0.463. The van der Waals surface area contributed by atoms with Crippen LogP contribution in [-0.2, 0) is 0 Å². The first-order valence-corrected chi connectivity index (χ1v) is 10.8. The molecule has 0 unspecified atom stereocenters. The molecule has 0 bridgehead atoms. The Morgan fingerprint density at radius 3 is 2.48 bits per heavy atom. The van der Waals surface area contributed by atoms with Crippen molar-refractivity contribution in [1.82, 2.24) is 13.6 Å². The van der Waals surface area contributed by atoms with Crippen molar-refractivity contribution in [3.05, 3.63) is 45.6 Å². The predicted octanol–water partition coefficient (Wildman–Crippen LogP) is 4.87. The summed E-state index contributed by atoms with van der Waals surface area (Å²) in [4.78, 5) is 16.2. The Morgan fingerprint density at radius 1 is 1.14 bits per heavy atom. The number of hydrogen-bond acceptors (Lipinski definition) is 8. The van der Waals surface area contributed by atoms with Crippen LogP contribution in [0.4, 0.5) is 17.3 Å². The predicted molar refractivity (Wildman–Crippen MR) is 120 cm³/mol. The SMILES string of the molecule is Cc1ccc([C@H](Nc2nsnc2Nc2cccc(C(=O)N(C)C)c2O)C(C)C)s1. The lowest BCUT2D eigenvalue weighted by Crippen LogP contribution is -2.21. The minimum absolute atomic E-state index is 0.0911. The molecular formula is C20H25N5O2S2. The second-order valence-electron chi connectivity index (χ2n) is 7.30. The third kappa shape index (κ3) is 4.68. The van der Waals surface area contributed by atoms with E-state index in [1.54, 1.807) is 43.6 Å². The van der Waals surface area contributed by atoms with Gasteiger partial charge in [-0.3, -0.25) is 4.79 Å². The molecule has 0 aliphatic heterocycles. The molecule has 3 N–H and O–H groups in total. The molecule has 0 saturated heterocycles. The van der Waals surface area contributed by atoms with Crippen molar-refractivity contribution < 1.29 is 9.90 Å². The molecule has 154 valence electrons. The van der Waals surface area contributed by atoms with E-state index in [4.69, 9.17) is 0 Å². The smallest absolute Gasteiger partial charge is 0.257 e. The van der Waals surface area contributed by atoms with Crippen LogP contribution in [0, 0.1) is 12.8 Å². The number of aromatic nitrogens is 2. The van der Waals surface area contributed by atoms with Crippen LogP contribution in [0.15, 0.2) is 30.3 Å². The van der Waals surface area contributed by atoms with Crippen LogP contribution in [0.3, 0.4) is 0 Å². The van der Waals surface area contributed by atoms with Crippen LogP contribution in [0.1, 0.15) is 40.0 Å². The maximum absolute atomic E-state index is 12.3. The topological polar surface area (TPSA) is 90.4 Å². The number of aryl methyl sites for hydroxylation is 1. The lowest BCUT2D eigenvalue weighted by molar-refractivity contribution is 0.0824. The van der Waals surface area contributed by atoms with Crippen LogP contribution in [0.5, 0.6) is 5.75 Å². The van der Waals surface area contributed by atoms with Crippen LogP contribution >= 0.6 is 23.1 Å². The van der Waals surface area contributed by atoms with Crippen LogP contribution in [0.2, 0.25) is 0 Å². The zero-order valence-electron chi connectivity index (χ0n) is 17.1. The van der Waals surface area contributed by atoms with Gasteiger partial charge in [0, 0.05) is 23.8 Å². The number of para-hydroxylation sites is 1. The zero-order chi connectivity index (χ0) is 21.1. The zero-order valence-corrected chi connectivity index (χ0v) is 18.7. The Hall–Kier alpha value is -2.65. The summed E-state index contributed by atoms with van der Waals surface area (Å²) in [5.74, 6) is 1.09. The fraction of sp³-hybridized carbons (Fsp3) is 0.350. The molecule has 1 atom stereocenters. The number of hydrogen-bond donors (Lipinski definition) is 3. The summed E-state index contributed by atoms with van der Waals surface area (Å²) in [6.07, 6.45) is 0. The van der Waals surface area contributed by atoms with Crippen LogP contribution < -0.4 is 10.6 Å². The molecule has 1 aromatic carbocycles. The second kappa shape index (κ2) is 8.79. The first-order chi connectivity index (χ1) is 13.8. The van der Waals surface area contributed by atoms with Crippen molar-refractivity contribution in [2.75, 3.05) is 24.7 Å². The van der Waals surface area contributed by atoms with E-state index in [1.165, 1.54) is 14.7 Å². The van der Waals surface area contributed by atoms with Gasteiger partial charge < -0.3 is 20.6 Å². The number of rotatable bonds is 7. The number of carbonyl (C=O) groups excluding carboxylic acids is 1. The average molecular weight is 432 g/mol. The standard InChI is InChI=1S/C20H25N5O2S2/c1-11(2)16(15-10-9-12(3)28-15)22-19-18(23-29-24-19)21-14-8-6-7-13(17(14)26)20(27)25(4)5/h6-11,16,26H,1-5H3,(H,21,23)(H,22,24)/t16-/m1/s1. The molecular weight excluding hydrogens is 406 g/mol. The number of phenols is 1. The first-order valence-electron chi connectivity index (χ1n) is 9.24. The monoisotopic (exact) mass is 431 g/mol. The second-order valence-corrected chi connectivity index (χ2v) is 9.15. The Labute approximate surface area is 178 Å². The summed E-state index contributed by atoms with van der Waals surface area (Å²) < 4.78 is 8.71. The van der Waals surface area contributed by atoms with Gasteiger partial charge in [0.25, 0.3) is 5.91 Å². The van der Waals surface area contributed by atoms with Gasteiger partial charge in [-0.2, -0.15) is 8.75 Å². The van der Waals surface area contributed by atoms with E-state index in [9.17, 15) is 9.90 Å². The fourth-order valence-corrected chi connectivity index (χ4v) is 4.46. The molecule has 2 aromatic heterocycles. The Bertz CT molecular complexity index is 996. The minimum Gasteiger partial charge on any atom is -0.505 e. The Balaban J connectivity index is 1.86. The van der Waals surface area contributed by atoms with Crippen molar-refractivity contribution >= 4 is 46.3 Å². The van der Waals surface area contributed by atoms with Gasteiger partial charge in [-0.15, -0.1) is 11.3 Å². The average Bonchev–Trinajstić information content (AvgIpc) is 3.29. The molecule has 0 aliphatic rings. The van der Waals surface area contributed by atoms with Gasteiger partial charge in [0.05, 0.1) is 29.0 Å². The molecule has 29 heavy (non-hydrogen) atoms. The maximum atomic E-state index is 12.3. The summed E-state index contributed by atoms with van der Waals surface area (Å²) in [5.41, 5.74) is 0.633. The molecule has 0 aliphatic carbocycles. The van der Waals surface area contributed by atoms with Crippen LogP contribution in [-0.4, -0.2) is 38.8 Å². The van der Waals surface area contributed by atoms with Crippen molar-refractivity contribution in [3.63, 3.8) is 0 Å². The third-order valence-electron chi connectivity index (χ3n) is 4.44. The summed E-state index contributed by atoms with van der Waals surface area (Å²) in [6.45, 7) is 6.40. The highest BCUT2D eigenvalue weighted by Crippen LogP contribution is 2.36. The number of anilines is 3. The Kier molecular flexibility index (Phi) is 6.39. The van der Waals surface area contributed by atoms with Gasteiger partial charge in [0.1, 0.15) is 0 Å². The van der Waals surface area contributed by atoms with Gasteiger partial charge in [-0.05, 0) is 37.1 Å². The number of thiophene rings is 1. The largest absolute Gasteiger partial charge is 0.505 e.